The fourth-order valence-corrected chi connectivity index (χ4v) is 2.18. The highest BCUT2D eigenvalue weighted by molar-refractivity contribution is 6.09. The lowest BCUT2D eigenvalue weighted by molar-refractivity contribution is -0.117. The molecule has 0 saturated carbocycles. The van der Waals surface area contributed by atoms with Crippen molar-refractivity contribution >= 4 is 11.6 Å². The van der Waals surface area contributed by atoms with Gasteiger partial charge >= 0.3 is 0 Å². The van der Waals surface area contributed by atoms with Crippen molar-refractivity contribution in [3.05, 3.63) is 53.6 Å². The summed E-state index contributed by atoms with van der Waals surface area (Å²) < 4.78 is 10.0. The Labute approximate surface area is 134 Å². The molecule has 0 fully saturated rings. The highest BCUT2D eigenvalue weighted by atomic mass is 16.5. The standard InChI is InChI=1S/C18H18O5/c1-22-14-5-3-12(4-6-14)9-13(19)10-17(20)16-8-7-15(23-2)11-18(16)21/h3-8,11,21H,9-10H2,1-2H3. The summed E-state index contributed by atoms with van der Waals surface area (Å²) in [5.74, 6) is 0.342. The third-order valence-electron chi connectivity index (χ3n) is 3.42. The van der Waals surface area contributed by atoms with Gasteiger partial charge < -0.3 is 14.6 Å². The molecule has 0 aliphatic heterocycles. The van der Waals surface area contributed by atoms with Crippen LogP contribution in [0.1, 0.15) is 22.3 Å². The lowest BCUT2D eigenvalue weighted by Crippen LogP contribution is -2.11. The zero-order valence-corrected chi connectivity index (χ0v) is 13.0. The van der Waals surface area contributed by atoms with Gasteiger partial charge in [-0.15, -0.1) is 0 Å². The molecule has 0 spiro atoms. The van der Waals surface area contributed by atoms with Crippen LogP contribution in [0, 0.1) is 0 Å². The molecule has 120 valence electrons. The molecule has 0 aliphatic carbocycles. The Kier molecular flexibility index (Phi) is 5.36. The summed E-state index contributed by atoms with van der Waals surface area (Å²) >= 11 is 0. The molecule has 2 aromatic carbocycles. The fourth-order valence-electron chi connectivity index (χ4n) is 2.18. The smallest absolute Gasteiger partial charge is 0.173 e. The van der Waals surface area contributed by atoms with E-state index in [1.807, 2.05) is 0 Å². The number of methoxy groups -OCH3 is 2. The van der Waals surface area contributed by atoms with Crippen molar-refractivity contribution in [2.24, 2.45) is 0 Å². The molecular formula is C18H18O5. The molecule has 1 N–H and O–H groups in total. The summed E-state index contributed by atoms with van der Waals surface area (Å²) in [6.45, 7) is 0. The van der Waals surface area contributed by atoms with Crippen LogP contribution in [0.25, 0.3) is 0 Å². The van der Waals surface area contributed by atoms with Crippen LogP contribution in [-0.4, -0.2) is 30.9 Å². The minimum absolute atomic E-state index is 0.119. The SMILES string of the molecule is COc1ccc(CC(=O)CC(=O)c2ccc(OC)cc2O)cc1. The van der Waals surface area contributed by atoms with E-state index in [4.69, 9.17) is 9.47 Å². The maximum Gasteiger partial charge on any atom is 0.173 e. The van der Waals surface area contributed by atoms with Crippen molar-refractivity contribution in [3.63, 3.8) is 0 Å². The number of phenols is 1. The van der Waals surface area contributed by atoms with Gasteiger partial charge in [0, 0.05) is 12.5 Å². The van der Waals surface area contributed by atoms with E-state index in [1.165, 1.54) is 19.2 Å². The number of Topliss-reactive ketones (excluding diaryl/α,β-unsaturated/α-hetero) is 2. The monoisotopic (exact) mass is 314 g/mol. The van der Waals surface area contributed by atoms with Gasteiger partial charge in [-0.2, -0.15) is 0 Å². The number of rotatable bonds is 7. The van der Waals surface area contributed by atoms with Crippen LogP contribution in [0.4, 0.5) is 0 Å². The molecule has 0 radical (unpaired) electrons. The van der Waals surface area contributed by atoms with Crippen molar-refractivity contribution in [1.82, 2.24) is 0 Å². The third-order valence-corrected chi connectivity index (χ3v) is 3.42. The van der Waals surface area contributed by atoms with Gasteiger partial charge in [0.15, 0.2) is 5.78 Å². The molecule has 2 rings (SSSR count). The van der Waals surface area contributed by atoms with Crippen molar-refractivity contribution in [3.8, 4) is 17.2 Å². The number of hydrogen-bond acceptors (Lipinski definition) is 5. The molecule has 0 aliphatic rings. The zero-order valence-electron chi connectivity index (χ0n) is 13.0. The summed E-state index contributed by atoms with van der Waals surface area (Å²) in [7, 11) is 3.04. The highest BCUT2D eigenvalue weighted by Gasteiger charge is 2.16. The Balaban J connectivity index is 2.00. The Hall–Kier alpha value is -2.82. The quantitative estimate of drug-likeness (QED) is 0.628. The summed E-state index contributed by atoms with van der Waals surface area (Å²) in [6, 6.07) is 11.5. The normalized spacial score (nSPS) is 10.2. The van der Waals surface area contributed by atoms with Crippen molar-refractivity contribution in [1.29, 1.82) is 0 Å². The maximum absolute atomic E-state index is 12.1. The van der Waals surface area contributed by atoms with Crippen LogP contribution in [0.5, 0.6) is 17.2 Å². The Morgan fingerprint density at radius 2 is 1.57 bits per heavy atom. The molecular weight excluding hydrogens is 296 g/mol. The summed E-state index contributed by atoms with van der Waals surface area (Å²) in [4.78, 5) is 24.2. The second kappa shape index (κ2) is 7.45. The highest BCUT2D eigenvalue weighted by Crippen LogP contribution is 2.24. The van der Waals surface area contributed by atoms with Gasteiger partial charge in [-0.25, -0.2) is 0 Å². The van der Waals surface area contributed by atoms with Crippen molar-refractivity contribution in [2.75, 3.05) is 14.2 Å². The minimum atomic E-state index is -0.413. The van der Waals surface area contributed by atoms with Gasteiger partial charge in [0.05, 0.1) is 26.2 Å². The van der Waals surface area contributed by atoms with Gasteiger partial charge in [-0.05, 0) is 29.8 Å². The molecule has 0 amide bonds. The largest absolute Gasteiger partial charge is 0.507 e. The first kappa shape index (κ1) is 16.5. The van der Waals surface area contributed by atoms with Gasteiger partial charge in [-0.1, -0.05) is 12.1 Å². The second-order valence-corrected chi connectivity index (χ2v) is 5.05. The van der Waals surface area contributed by atoms with Crippen molar-refractivity contribution in [2.45, 2.75) is 12.8 Å². The predicted octanol–water partition coefficient (Wildman–Crippen LogP) is 2.79. The van der Waals surface area contributed by atoms with Crippen LogP contribution in [0.3, 0.4) is 0 Å². The number of aromatic hydroxyl groups is 1. The van der Waals surface area contributed by atoms with Gasteiger partial charge in [0.1, 0.15) is 23.0 Å². The molecule has 23 heavy (non-hydrogen) atoms. The lowest BCUT2D eigenvalue weighted by Gasteiger charge is -2.06. The first-order valence-corrected chi connectivity index (χ1v) is 7.08. The van der Waals surface area contributed by atoms with E-state index in [2.05, 4.69) is 0 Å². The number of ketones is 2. The van der Waals surface area contributed by atoms with E-state index >= 15 is 0 Å². The van der Waals surface area contributed by atoms with Gasteiger partial charge in [0.25, 0.3) is 0 Å². The molecule has 0 bridgehead atoms. The van der Waals surface area contributed by atoms with Crippen LogP contribution in [-0.2, 0) is 11.2 Å². The first-order chi connectivity index (χ1) is 11.0. The van der Waals surface area contributed by atoms with E-state index in [-0.39, 0.29) is 29.9 Å². The average Bonchev–Trinajstić information content (AvgIpc) is 2.55. The van der Waals surface area contributed by atoms with E-state index in [0.29, 0.717) is 11.5 Å². The van der Waals surface area contributed by atoms with Gasteiger partial charge in [0.2, 0.25) is 0 Å². The fraction of sp³-hybridized carbons (Fsp3) is 0.222. The predicted molar refractivity (Wildman–Crippen MR) is 85.3 cm³/mol. The first-order valence-electron chi connectivity index (χ1n) is 7.08. The van der Waals surface area contributed by atoms with Crippen molar-refractivity contribution < 1.29 is 24.2 Å². The minimum Gasteiger partial charge on any atom is -0.507 e. The molecule has 5 nitrogen and oxygen atoms in total. The Bertz CT molecular complexity index is 704. The van der Waals surface area contributed by atoms with Crippen LogP contribution >= 0.6 is 0 Å². The summed E-state index contributed by atoms with van der Waals surface area (Å²) in [5, 5.41) is 9.83. The van der Waals surface area contributed by atoms with E-state index in [1.54, 1.807) is 37.4 Å². The molecule has 0 aromatic heterocycles. The average molecular weight is 314 g/mol. The van der Waals surface area contributed by atoms with Crippen LogP contribution in [0.2, 0.25) is 0 Å². The van der Waals surface area contributed by atoms with Gasteiger partial charge in [-0.3, -0.25) is 9.59 Å². The number of carbonyl (C=O) groups excluding carboxylic acids is 2. The molecule has 0 atom stereocenters. The molecule has 5 heteroatoms. The number of benzene rings is 2. The topological polar surface area (TPSA) is 72.8 Å². The number of ether oxygens (including phenoxy) is 2. The Morgan fingerprint density at radius 1 is 0.957 bits per heavy atom. The lowest BCUT2D eigenvalue weighted by atomic mass is 10.0. The second-order valence-electron chi connectivity index (χ2n) is 5.05. The number of hydrogen-bond donors (Lipinski definition) is 1. The summed E-state index contributed by atoms with van der Waals surface area (Å²) in [5.41, 5.74) is 0.927. The van der Waals surface area contributed by atoms with E-state index in [9.17, 15) is 14.7 Å². The zero-order chi connectivity index (χ0) is 16.8. The third kappa shape index (κ3) is 4.32. The molecule has 0 unspecified atom stereocenters. The van der Waals surface area contributed by atoms with E-state index in [0.717, 1.165) is 5.56 Å². The molecule has 0 saturated heterocycles. The maximum atomic E-state index is 12.1. The summed E-state index contributed by atoms with van der Waals surface area (Å²) in [6.07, 6.45) is -0.0986. The van der Waals surface area contributed by atoms with E-state index < -0.39 is 5.78 Å². The molecule has 2 aromatic rings. The van der Waals surface area contributed by atoms with Crippen LogP contribution in [0.15, 0.2) is 42.5 Å². The van der Waals surface area contributed by atoms with Crippen LogP contribution < -0.4 is 9.47 Å². The molecule has 0 heterocycles. The Morgan fingerprint density at radius 3 is 2.13 bits per heavy atom. The number of phenolic OH excluding ortho intramolecular Hbond substituents is 1. The number of carbonyl (C=O) groups is 2.